The molecule has 0 saturated heterocycles. The number of benzene rings is 1. The molecule has 1 saturated carbocycles. The van der Waals surface area contributed by atoms with E-state index in [4.69, 9.17) is 14.2 Å². The van der Waals surface area contributed by atoms with Crippen LogP contribution < -0.4 is 10.1 Å². The first-order chi connectivity index (χ1) is 12.1. The van der Waals surface area contributed by atoms with Gasteiger partial charge in [0.05, 0.1) is 17.7 Å². The Kier molecular flexibility index (Phi) is 5.73. The van der Waals surface area contributed by atoms with Crippen molar-refractivity contribution in [1.82, 2.24) is 5.32 Å². The van der Waals surface area contributed by atoms with Crippen molar-refractivity contribution >= 4 is 12.1 Å². The predicted octanol–water partition coefficient (Wildman–Crippen LogP) is 3.58. The molecule has 1 fully saturated rings. The van der Waals surface area contributed by atoms with Gasteiger partial charge < -0.3 is 19.5 Å². The molecule has 1 N–H and O–H groups in total. The largest absolute Gasteiger partial charge is 0.485 e. The van der Waals surface area contributed by atoms with Crippen LogP contribution >= 0.6 is 0 Å². The number of rotatable bonds is 6. The number of amides is 1. The van der Waals surface area contributed by atoms with Gasteiger partial charge in [-0.2, -0.15) is 0 Å². The fourth-order valence-corrected chi connectivity index (χ4v) is 2.22. The number of esters is 1. The molecule has 0 aromatic heterocycles. The second-order valence-electron chi connectivity index (χ2n) is 7.19. The Morgan fingerprint density at radius 1 is 1.19 bits per heavy atom. The van der Waals surface area contributed by atoms with E-state index in [1.807, 2.05) is 0 Å². The van der Waals surface area contributed by atoms with Gasteiger partial charge in [-0.05, 0) is 52.7 Å². The number of carbonyl (C=O) groups excluding carboxylic acids is 2. The topological polar surface area (TPSA) is 73.9 Å². The summed E-state index contributed by atoms with van der Waals surface area (Å²) < 4.78 is 43.3. The van der Waals surface area contributed by atoms with Crippen LogP contribution in [0.3, 0.4) is 0 Å². The zero-order valence-corrected chi connectivity index (χ0v) is 15.3. The molecule has 144 valence electrons. The van der Waals surface area contributed by atoms with Crippen molar-refractivity contribution in [3.8, 4) is 5.75 Å². The molecule has 0 unspecified atom stereocenters. The van der Waals surface area contributed by atoms with E-state index < -0.39 is 40.6 Å². The maximum Gasteiger partial charge on any atom is 0.408 e. The number of hydrogen-bond donors (Lipinski definition) is 1. The number of carbonyl (C=O) groups is 2. The quantitative estimate of drug-likeness (QED) is 0.774. The van der Waals surface area contributed by atoms with Crippen molar-refractivity contribution in [2.45, 2.75) is 51.7 Å². The molecule has 1 amide bonds. The monoisotopic (exact) mass is 371 g/mol. The minimum atomic E-state index is -1.01. The van der Waals surface area contributed by atoms with Gasteiger partial charge in [-0.3, -0.25) is 0 Å². The molecule has 6 nitrogen and oxygen atoms in total. The minimum absolute atomic E-state index is 0.0964. The van der Waals surface area contributed by atoms with Gasteiger partial charge in [0.25, 0.3) is 0 Å². The molecule has 0 radical (unpaired) electrons. The molecule has 0 atom stereocenters. The third-order valence-electron chi connectivity index (χ3n) is 3.62. The molecular formula is C18H23F2NO5. The Morgan fingerprint density at radius 2 is 1.77 bits per heavy atom. The van der Waals surface area contributed by atoms with Gasteiger partial charge >= 0.3 is 12.1 Å². The predicted molar refractivity (Wildman–Crippen MR) is 89.1 cm³/mol. The molecule has 8 heteroatoms. The highest BCUT2D eigenvalue weighted by Crippen LogP contribution is 2.37. The van der Waals surface area contributed by atoms with Crippen LogP contribution in [0.1, 0.15) is 50.9 Å². The number of halogens is 2. The number of alkyl carbamates (subject to hydrolysis) is 1. The van der Waals surface area contributed by atoms with Crippen molar-refractivity contribution < 1.29 is 32.6 Å². The van der Waals surface area contributed by atoms with Crippen LogP contribution in [-0.2, 0) is 9.47 Å². The van der Waals surface area contributed by atoms with Gasteiger partial charge in [0.1, 0.15) is 12.2 Å². The second kappa shape index (κ2) is 7.47. The minimum Gasteiger partial charge on any atom is -0.485 e. The SMILES string of the molecule is CCOC(=O)c1cc(F)c(OCC2(NC(=O)OC(C)(C)C)CC2)c(F)c1. The van der Waals surface area contributed by atoms with Crippen LogP contribution in [0.2, 0.25) is 0 Å². The smallest absolute Gasteiger partial charge is 0.408 e. The van der Waals surface area contributed by atoms with E-state index in [1.54, 1.807) is 27.7 Å². The molecule has 1 aromatic carbocycles. The van der Waals surface area contributed by atoms with Crippen molar-refractivity contribution in [3.63, 3.8) is 0 Å². The standard InChI is InChI=1S/C18H23F2NO5/c1-5-24-15(22)11-8-12(19)14(13(20)9-11)25-10-18(6-7-18)21-16(23)26-17(2,3)4/h8-9H,5-7,10H2,1-4H3,(H,21,23). The summed E-state index contributed by atoms with van der Waals surface area (Å²) in [5.74, 6) is -3.44. The zero-order valence-electron chi connectivity index (χ0n) is 15.3. The van der Waals surface area contributed by atoms with E-state index >= 15 is 0 Å². The first-order valence-corrected chi connectivity index (χ1v) is 8.35. The lowest BCUT2D eigenvalue weighted by Gasteiger charge is -2.23. The number of ether oxygens (including phenoxy) is 3. The van der Waals surface area contributed by atoms with Gasteiger partial charge in [0.2, 0.25) is 0 Å². The highest BCUT2D eigenvalue weighted by molar-refractivity contribution is 5.89. The van der Waals surface area contributed by atoms with Crippen LogP contribution in [-0.4, -0.2) is 36.4 Å². The molecule has 1 aliphatic rings. The Hall–Kier alpha value is -2.38. The van der Waals surface area contributed by atoms with E-state index in [1.165, 1.54) is 0 Å². The van der Waals surface area contributed by atoms with Gasteiger partial charge in [-0.15, -0.1) is 0 Å². The highest BCUT2D eigenvalue weighted by Gasteiger charge is 2.46. The third kappa shape index (κ3) is 5.31. The molecule has 0 heterocycles. The van der Waals surface area contributed by atoms with E-state index in [0.29, 0.717) is 12.8 Å². The van der Waals surface area contributed by atoms with E-state index in [2.05, 4.69) is 5.32 Å². The van der Waals surface area contributed by atoms with Gasteiger partial charge in [0.15, 0.2) is 17.4 Å². The van der Waals surface area contributed by atoms with Crippen molar-refractivity contribution in [1.29, 1.82) is 0 Å². The summed E-state index contributed by atoms with van der Waals surface area (Å²) in [6.07, 6.45) is 0.601. The molecule has 0 spiro atoms. The fraction of sp³-hybridized carbons (Fsp3) is 0.556. The number of hydrogen-bond acceptors (Lipinski definition) is 5. The summed E-state index contributed by atoms with van der Waals surface area (Å²) >= 11 is 0. The summed E-state index contributed by atoms with van der Waals surface area (Å²) in [4.78, 5) is 23.4. The molecule has 0 aliphatic heterocycles. The molecular weight excluding hydrogens is 348 g/mol. The highest BCUT2D eigenvalue weighted by atomic mass is 19.1. The maximum absolute atomic E-state index is 14.1. The van der Waals surface area contributed by atoms with Gasteiger partial charge in [-0.1, -0.05) is 0 Å². The van der Waals surface area contributed by atoms with Crippen molar-refractivity contribution in [3.05, 3.63) is 29.3 Å². The van der Waals surface area contributed by atoms with E-state index in [0.717, 1.165) is 12.1 Å². The average Bonchev–Trinajstić information content (AvgIpc) is 3.24. The van der Waals surface area contributed by atoms with Crippen LogP contribution in [0.5, 0.6) is 5.75 Å². The summed E-state index contributed by atoms with van der Waals surface area (Å²) in [5.41, 5.74) is -1.59. The summed E-state index contributed by atoms with van der Waals surface area (Å²) in [7, 11) is 0. The summed E-state index contributed by atoms with van der Waals surface area (Å²) in [5, 5.41) is 2.67. The summed E-state index contributed by atoms with van der Waals surface area (Å²) in [6, 6.07) is 1.72. The van der Waals surface area contributed by atoms with E-state index in [-0.39, 0.29) is 18.8 Å². The molecule has 1 aromatic rings. The van der Waals surface area contributed by atoms with Crippen LogP contribution in [0.25, 0.3) is 0 Å². The van der Waals surface area contributed by atoms with E-state index in [9.17, 15) is 18.4 Å². The Morgan fingerprint density at radius 3 is 2.23 bits per heavy atom. The van der Waals surface area contributed by atoms with Crippen molar-refractivity contribution in [2.75, 3.05) is 13.2 Å². The molecule has 26 heavy (non-hydrogen) atoms. The first-order valence-electron chi connectivity index (χ1n) is 8.35. The Labute approximate surface area is 150 Å². The lowest BCUT2D eigenvalue weighted by Crippen LogP contribution is -2.44. The third-order valence-corrected chi connectivity index (χ3v) is 3.62. The van der Waals surface area contributed by atoms with Crippen LogP contribution in [0.15, 0.2) is 12.1 Å². The average molecular weight is 371 g/mol. The van der Waals surface area contributed by atoms with Crippen LogP contribution in [0.4, 0.5) is 13.6 Å². The number of nitrogens with one attached hydrogen (secondary N) is 1. The second-order valence-corrected chi connectivity index (χ2v) is 7.19. The van der Waals surface area contributed by atoms with Crippen LogP contribution in [0, 0.1) is 11.6 Å². The molecule has 2 rings (SSSR count). The van der Waals surface area contributed by atoms with Gasteiger partial charge in [0, 0.05) is 0 Å². The zero-order chi connectivity index (χ0) is 19.5. The lowest BCUT2D eigenvalue weighted by molar-refractivity contribution is 0.0472. The summed E-state index contributed by atoms with van der Waals surface area (Å²) in [6.45, 7) is 6.78. The Balaban J connectivity index is 2.01. The Bertz CT molecular complexity index is 672. The maximum atomic E-state index is 14.1. The van der Waals surface area contributed by atoms with Crippen molar-refractivity contribution in [2.24, 2.45) is 0 Å². The fourth-order valence-electron chi connectivity index (χ4n) is 2.22. The normalized spacial score (nSPS) is 15.2. The first kappa shape index (κ1) is 19.9. The molecule has 0 bridgehead atoms. The van der Waals surface area contributed by atoms with Gasteiger partial charge in [-0.25, -0.2) is 18.4 Å². The molecule has 1 aliphatic carbocycles. The lowest BCUT2D eigenvalue weighted by atomic mass is 10.2.